The van der Waals surface area contributed by atoms with Crippen LogP contribution < -0.4 is 5.56 Å². The van der Waals surface area contributed by atoms with E-state index in [-0.39, 0.29) is 5.56 Å². The maximum atomic E-state index is 11.8. The monoisotopic (exact) mass is 310 g/mol. The normalized spacial score (nSPS) is 12.6. The Bertz CT molecular complexity index is 590. The zero-order chi connectivity index (χ0) is 13.1. The molecule has 6 heteroatoms. The molecule has 0 aliphatic heterocycles. The minimum atomic E-state index is -0.0944. The quantitative estimate of drug-likeness (QED) is 0.870. The first-order valence-electron chi connectivity index (χ1n) is 5.85. The first-order valence-corrected chi connectivity index (χ1v) is 6.65. The molecule has 96 valence electrons. The fourth-order valence-electron chi connectivity index (χ4n) is 1.61. The highest BCUT2D eigenvalue weighted by atomic mass is 79.9. The molecule has 0 radical (unpaired) electrons. The van der Waals surface area contributed by atoms with Gasteiger partial charge < -0.3 is 0 Å². The minimum Gasteiger partial charge on any atom is -0.292 e. The Morgan fingerprint density at radius 3 is 3.00 bits per heavy atom. The lowest BCUT2D eigenvalue weighted by Crippen LogP contribution is -2.21. The Balaban J connectivity index is 2.22. The second-order valence-corrected chi connectivity index (χ2v) is 5.07. The SMILES string of the molecule is CCC(C)n1ccc(Cn2cncc(Br)c2=O)n1. The molecule has 0 amide bonds. The van der Waals surface area contributed by atoms with Crippen molar-refractivity contribution < 1.29 is 0 Å². The minimum absolute atomic E-state index is 0.0944. The molecule has 5 nitrogen and oxygen atoms in total. The Morgan fingerprint density at radius 2 is 2.28 bits per heavy atom. The van der Waals surface area contributed by atoms with Crippen molar-refractivity contribution in [3.05, 3.63) is 45.3 Å². The van der Waals surface area contributed by atoms with Gasteiger partial charge in [-0.1, -0.05) is 6.92 Å². The van der Waals surface area contributed by atoms with E-state index in [0.717, 1.165) is 12.1 Å². The summed E-state index contributed by atoms with van der Waals surface area (Å²) in [6, 6.07) is 2.30. The number of rotatable bonds is 4. The van der Waals surface area contributed by atoms with E-state index >= 15 is 0 Å². The van der Waals surface area contributed by atoms with Crippen molar-refractivity contribution in [2.45, 2.75) is 32.9 Å². The second-order valence-electron chi connectivity index (χ2n) is 4.22. The van der Waals surface area contributed by atoms with Gasteiger partial charge in [-0.15, -0.1) is 0 Å². The summed E-state index contributed by atoms with van der Waals surface area (Å²) in [7, 11) is 0. The molecule has 0 aliphatic carbocycles. The van der Waals surface area contributed by atoms with Gasteiger partial charge in [0.2, 0.25) is 0 Å². The van der Waals surface area contributed by atoms with Crippen LogP contribution in [-0.4, -0.2) is 19.3 Å². The van der Waals surface area contributed by atoms with E-state index in [1.165, 1.54) is 17.1 Å². The molecule has 18 heavy (non-hydrogen) atoms. The summed E-state index contributed by atoms with van der Waals surface area (Å²) in [5.41, 5.74) is 0.764. The van der Waals surface area contributed by atoms with Gasteiger partial charge in [0.05, 0.1) is 18.6 Å². The Hall–Kier alpha value is -1.43. The van der Waals surface area contributed by atoms with Gasteiger partial charge >= 0.3 is 0 Å². The maximum absolute atomic E-state index is 11.8. The summed E-state index contributed by atoms with van der Waals surface area (Å²) >= 11 is 3.18. The molecule has 2 aromatic rings. The van der Waals surface area contributed by atoms with Crippen molar-refractivity contribution in [3.8, 4) is 0 Å². The van der Waals surface area contributed by atoms with Crippen LogP contribution in [0.5, 0.6) is 0 Å². The molecule has 2 heterocycles. The van der Waals surface area contributed by atoms with Crippen LogP contribution in [0.4, 0.5) is 0 Å². The molecule has 0 saturated carbocycles. The Morgan fingerprint density at radius 1 is 1.50 bits per heavy atom. The van der Waals surface area contributed by atoms with Gasteiger partial charge in [-0.25, -0.2) is 4.98 Å². The van der Waals surface area contributed by atoms with E-state index in [0.29, 0.717) is 17.1 Å². The first kappa shape index (κ1) is 13.0. The third kappa shape index (κ3) is 2.69. The third-order valence-corrected chi connectivity index (χ3v) is 3.44. The van der Waals surface area contributed by atoms with Crippen LogP contribution in [0.15, 0.2) is 34.1 Å². The van der Waals surface area contributed by atoms with Crippen molar-refractivity contribution in [2.75, 3.05) is 0 Å². The van der Waals surface area contributed by atoms with Crippen LogP contribution in [0.25, 0.3) is 0 Å². The van der Waals surface area contributed by atoms with Gasteiger partial charge in [-0.3, -0.25) is 14.0 Å². The number of hydrogen-bond acceptors (Lipinski definition) is 3. The molecule has 0 saturated heterocycles. The summed E-state index contributed by atoms with van der Waals surface area (Å²) in [6.07, 6.45) is 5.99. The van der Waals surface area contributed by atoms with Crippen LogP contribution in [0.2, 0.25) is 0 Å². The van der Waals surface area contributed by atoms with Gasteiger partial charge in [0, 0.05) is 18.4 Å². The maximum Gasteiger partial charge on any atom is 0.267 e. The lowest BCUT2D eigenvalue weighted by Gasteiger charge is -2.08. The van der Waals surface area contributed by atoms with Crippen LogP contribution in [0, 0.1) is 0 Å². The van der Waals surface area contributed by atoms with Gasteiger partial charge in [-0.05, 0) is 35.3 Å². The molecule has 0 N–H and O–H groups in total. The van der Waals surface area contributed by atoms with Crippen LogP contribution in [-0.2, 0) is 6.54 Å². The molecule has 1 atom stereocenters. The molecular weight excluding hydrogens is 296 g/mol. The molecule has 2 rings (SSSR count). The van der Waals surface area contributed by atoms with Gasteiger partial charge in [-0.2, -0.15) is 5.10 Å². The van der Waals surface area contributed by atoms with E-state index < -0.39 is 0 Å². The summed E-state index contributed by atoms with van der Waals surface area (Å²) < 4.78 is 3.92. The van der Waals surface area contributed by atoms with Gasteiger partial charge in [0.15, 0.2) is 0 Å². The zero-order valence-corrected chi connectivity index (χ0v) is 12.0. The molecule has 0 fully saturated rings. The summed E-state index contributed by atoms with van der Waals surface area (Å²) in [6.45, 7) is 4.67. The smallest absolute Gasteiger partial charge is 0.267 e. The average molecular weight is 311 g/mol. The highest BCUT2D eigenvalue weighted by Crippen LogP contribution is 2.09. The van der Waals surface area contributed by atoms with E-state index in [1.54, 1.807) is 0 Å². The predicted molar refractivity (Wildman–Crippen MR) is 72.5 cm³/mol. The van der Waals surface area contributed by atoms with E-state index in [9.17, 15) is 4.79 Å². The van der Waals surface area contributed by atoms with Gasteiger partial charge in [0.1, 0.15) is 4.47 Å². The second kappa shape index (κ2) is 5.48. The van der Waals surface area contributed by atoms with Crippen molar-refractivity contribution in [3.63, 3.8) is 0 Å². The van der Waals surface area contributed by atoms with E-state index in [1.807, 2.05) is 16.9 Å². The molecule has 0 aromatic carbocycles. The van der Waals surface area contributed by atoms with Crippen molar-refractivity contribution in [2.24, 2.45) is 0 Å². The summed E-state index contributed by atoms with van der Waals surface area (Å²) in [5.74, 6) is 0. The average Bonchev–Trinajstić information content (AvgIpc) is 2.82. The Labute approximate surface area is 114 Å². The zero-order valence-electron chi connectivity index (χ0n) is 10.4. The van der Waals surface area contributed by atoms with E-state index in [2.05, 4.69) is 39.9 Å². The van der Waals surface area contributed by atoms with E-state index in [4.69, 9.17) is 0 Å². The number of halogens is 1. The van der Waals surface area contributed by atoms with Gasteiger partial charge in [0.25, 0.3) is 5.56 Å². The molecule has 0 spiro atoms. The highest BCUT2D eigenvalue weighted by molar-refractivity contribution is 9.10. The van der Waals surface area contributed by atoms with Crippen molar-refractivity contribution in [1.29, 1.82) is 0 Å². The number of nitrogens with zero attached hydrogens (tertiary/aromatic N) is 4. The van der Waals surface area contributed by atoms with Crippen LogP contribution in [0.3, 0.4) is 0 Å². The fourth-order valence-corrected chi connectivity index (χ4v) is 1.95. The summed E-state index contributed by atoms with van der Waals surface area (Å²) in [5, 5.41) is 4.46. The predicted octanol–water partition coefficient (Wildman–Crippen LogP) is 2.22. The third-order valence-electron chi connectivity index (χ3n) is 2.90. The number of hydrogen-bond donors (Lipinski definition) is 0. The summed E-state index contributed by atoms with van der Waals surface area (Å²) in [4.78, 5) is 15.8. The largest absolute Gasteiger partial charge is 0.292 e. The van der Waals surface area contributed by atoms with Crippen molar-refractivity contribution >= 4 is 15.9 Å². The lowest BCUT2D eigenvalue weighted by molar-refractivity contribution is 0.471. The number of aromatic nitrogens is 4. The standard InChI is InChI=1S/C12H15BrN4O/c1-3-9(2)17-5-4-10(15-17)7-16-8-14-6-11(13)12(16)18/h4-6,8-9H,3,7H2,1-2H3. The molecule has 2 aromatic heterocycles. The molecular formula is C12H15BrN4O. The molecule has 0 aliphatic rings. The topological polar surface area (TPSA) is 52.7 Å². The molecule has 1 unspecified atom stereocenters. The fraction of sp³-hybridized carbons (Fsp3) is 0.417. The van der Waals surface area contributed by atoms with Crippen LogP contribution >= 0.6 is 15.9 Å². The highest BCUT2D eigenvalue weighted by Gasteiger charge is 2.07. The molecule has 0 bridgehead atoms. The lowest BCUT2D eigenvalue weighted by atomic mass is 10.3. The van der Waals surface area contributed by atoms with Crippen molar-refractivity contribution in [1.82, 2.24) is 19.3 Å². The first-order chi connectivity index (χ1) is 8.61. The van der Waals surface area contributed by atoms with Crippen LogP contribution in [0.1, 0.15) is 32.0 Å². The Kier molecular flexibility index (Phi) is 3.96.